The lowest BCUT2D eigenvalue weighted by atomic mass is 10.1. The first kappa shape index (κ1) is 18.1. The van der Waals surface area contributed by atoms with Crippen molar-refractivity contribution in [2.75, 3.05) is 25.6 Å². The monoisotopic (exact) mass is 347 g/mol. The van der Waals surface area contributed by atoms with Crippen LogP contribution in [-0.4, -0.2) is 26.2 Å². The molecule has 0 heterocycles. The third-order valence-electron chi connectivity index (χ3n) is 3.65. The van der Waals surface area contributed by atoms with E-state index in [2.05, 4.69) is 5.32 Å². The van der Waals surface area contributed by atoms with E-state index in [1.165, 1.54) is 7.11 Å². The molecule has 0 aliphatic carbocycles. The van der Waals surface area contributed by atoms with Gasteiger partial charge >= 0.3 is 5.97 Å². The summed E-state index contributed by atoms with van der Waals surface area (Å²) in [7, 11) is 1.38. The van der Waals surface area contributed by atoms with Crippen molar-refractivity contribution in [2.45, 2.75) is 20.3 Å². The minimum absolute atomic E-state index is 0.346. The molecule has 24 heavy (non-hydrogen) atoms. The summed E-state index contributed by atoms with van der Waals surface area (Å²) in [6.07, 6.45) is 0.802. The Morgan fingerprint density at radius 1 is 1.17 bits per heavy atom. The molecule has 0 spiro atoms. The Morgan fingerprint density at radius 3 is 2.50 bits per heavy atom. The molecule has 0 bridgehead atoms. The van der Waals surface area contributed by atoms with Crippen molar-refractivity contribution in [3.63, 3.8) is 0 Å². The summed E-state index contributed by atoms with van der Waals surface area (Å²) in [6, 6.07) is 11.2. The Balaban J connectivity index is 1.83. The van der Waals surface area contributed by atoms with Gasteiger partial charge in [0.2, 0.25) is 0 Å². The van der Waals surface area contributed by atoms with Crippen LogP contribution in [0.4, 0.5) is 5.69 Å². The van der Waals surface area contributed by atoms with Gasteiger partial charge in [0, 0.05) is 17.3 Å². The van der Waals surface area contributed by atoms with E-state index >= 15 is 0 Å². The number of para-hydroxylation sites is 1. The van der Waals surface area contributed by atoms with E-state index in [4.69, 9.17) is 21.1 Å². The fraction of sp³-hybridized carbons (Fsp3) is 0.316. The Hall–Kier alpha value is -2.20. The minimum Gasteiger partial charge on any atom is -0.494 e. The summed E-state index contributed by atoms with van der Waals surface area (Å²) < 4.78 is 10.5. The van der Waals surface area contributed by atoms with E-state index in [0.29, 0.717) is 18.7 Å². The van der Waals surface area contributed by atoms with E-state index in [9.17, 15) is 4.79 Å². The highest BCUT2D eigenvalue weighted by atomic mass is 35.5. The van der Waals surface area contributed by atoms with E-state index < -0.39 is 0 Å². The van der Waals surface area contributed by atoms with Crippen molar-refractivity contribution in [1.29, 1.82) is 0 Å². The first-order valence-electron chi connectivity index (χ1n) is 7.83. The van der Waals surface area contributed by atoms with Gasteiger partial charge in [0.15, 0.2) is 0 Å². The predicted molar refractivity (Wildman–Crippen MR) is 97.3 cm³/mol. The molecule has 4 nitrogen and oxygen atoms in total. The molecule has 0 unspecified atom stereocenters. The lowest BCUT2D eigenvalue weighted by molar-refractivity contribution is 0.0602. The van der Waals surface area contributed by atoms with Gasteiger partial charge in [0.1, 0.15) is 5.75 Å². The Morgan fingerprint density at radius 2 is 1.83 bits per heavy atom. The van der Waals surface area contributed by atoms with Crippen LogP contribution in [0.25, 0.3) is 0 Å². The number of nitrogens with one attached hydrogen (secondary N) is 1. The maximum Gasteiger partial charge on any atom is 0.339 e. The van der Waals surface area contributed by atoms with E-state index in [0.717, 1.165) is 34.0 Å². The average molecular weight is 348 g/mol. The van der Waals surface area contributed by atoms with E-state index in [1.54, 1.807) is 6.07 Å². The van der Waals surface area contributed by atoms with Gasteiger partial charge < -0.3 is 14.8 Å². The first-order chi connectivity index (χ1) is 11.5. The standard InChI is InChI=1S/C19H22ClNO3/c1-13-11-15(12-14(2)18(13)20)24-10-6-9-21-17-8-5-4-7-16(17)19(22)23-3/h4-5,7-8,11-12,21H,6,9-10H2,1-3H3. The second-order valence-corrected chi connectivity index (χ2v) is 5.91. The molecule has 0 aliphatic rings. The predicted octanol–water partition coefficient (Wildman–Crippen LogP) is 4.62. The summed E-state index contributed by atoms with van der Waals surface area (Å²) >= 11 is 6.15. The molecule has 128 valence electrons. The van der Waals surface area contributed by atoms with Crippen LogP contribution in [0.3, 0.4) is 0 Å². The van der Waals surface area contributed by atoms with Gasteiger partial charge in [-0.1, -0.05) is 23.7 Å². The highest BCUT2D eigenvalue weighted by Gasteiger charge is 2.10. The van der Waals surface area contributed by atoms with Crippen molar-refractivity contribution in [3.8, 4) is 5.75 Å². The Labute approximate surface area is 147 Å². The number of hydrogen-bond acceptors (Lipinski definition) is 4. The molecular weight excluding hydrogens is 326 g/mol. The smallest absolute Gasteiger partial charge is 0.339 e. The quantitative estimate of drug-likeness (QED) is 0.586. The molecular formula is C19H22ClNO3. The Kier molecular flexibility index (Phi) is 6.50. The van der Waals surface area contributed by atoms with Gasteiger partial charge in [-0.25, -0.2) is 4.79 Å². The molecule has 2 aromatic rings. The van der Waals surface area contributed by atoms with E-state index in [-0.39, 0.29) is 5.97 Å². The van der Waals surface area contributed by atoms with Crippen LogP contribution in [0.1, 0.15) is 27.9 Å². The summed E-state index contributed by atoms with van der Waals surface area (Å²) in [5.41, 5.74) is 3.32. The molecule has 0 radical (unpaired) electrons. The van der Waals surface area contributed by atoms with Gasteiger partial charge in [-0.3, -0.25) is 0 Å². The topological polar surface area (TPSA) is 47.6 Å². The van der Waals surface area contributed by atoms with Crippen LogP contribution < -0.4 is 10.1 Å². The minimum atomic E-state index is -0.346. The largest absolute Gasteiger partial charge is 0.494 e. The molecule has 0 amide bonds. The number of hydrogen-bond donors (Lipinski definition) is 1. The van der Waals surface area contributed by atoms with E-state index in [1.807, 2.05) is 44.2 Å². The number of carbonyl (C=O) groups is 1. The van der Waals surface area contributed by atoms with Crippen LogP contribution in [0.15, 0.2) is 36.4 Å². The lowest BCUT2D eigenvalue weighted by Gasteiger charge is -2.12. The highest BCUT2D eigenvalue weighted by molar-refractivity contribution is 6.32. The second kappa shape index (κ2) is 8.60. The molecule has 5 heteroatoms. The number of carbonyl (C=O) groups excluding carboxylic acids is 1. The molecule has 0 aromatic heterocycles. The number of rotatable bonds is 7. The van der Waals surface area contributed by atoms with Gasteiger partial charge in [-0.15, -0.1) is 0 Å². The molecule has 0 aliphatic heterocycles. The average Bonchev–Trinajstić information content (AvgIpc) is 2.59. The fourth-order valence-corrected chi connectivity index (χ4v) is 2.51. The Bertz CT molecular complexity index is 693. The third-order valence-corrected chi connectivity index (χ3v) is 4.24. The zero-order valence-corrected chi connectivity index (χ0v) is 14.9. The number of methoxy groups -OCH3 is 1. The summed E-state index contributed by atoms with van der Waals surface area (Å²) in [5, 5.41) is 4.03. The van der Waals surface area contributed by atoms with Crippen molar-refractivity contribution in [3.05, 3.63) is 58.1 Å². The molecule has 0 atom stereocenters. The molecule has 0 saturated heterocycles. The van der Waals surface area contributed by atoms with Crippen molar-refractivity contribution >= 4 is 23.3 Å². The summed E-state index contributed by atoms with van der Waals surface area (Å²) in [6.45, 7) is 5.20. The number of anilines is 1. The third kappa shape index (κ3) is 4.65. The highest BCUT2D eigenvalue weighted by Crippen LogP contribution is 2.25. The number of halogens is 1. The van der Waals surface area contributed by atoms with Crippen LogP contribution in [-0.2, 0) is 4.74 Å². The van der Waals surface area contributed by atoms with Crippen molar-refractivity contribution in [2.24, 2.45) is 0 Å². The van der Waals surface area contributed by atoms with Crippen LogP contribution in [0.5, 0.6) is 5.75 Å². The van der Waals surface area contributed by atoms with Crippen LogP contribution >= 0.6 is 11.6 Å². The first-order valence-corrected chi connectivity index (χ1v) is 8.21. The maximum absolute atomic E-state index is 11.7. The number of benzene rings is 2. The van der Waals surface area contributed by atoms with Crippen molar-refractivity contribution in [1.82, 2.24) is 0 Å². The fourth-order valence-electron chi connectivity index (χ4n) is 2.40. The van der Waals surface area contributed by atoms with Crippen molar-refractivity contribution < 1.29 is 14.3 Å². The molecule has 2 rings (SSSR count). The van der Waals surface area contributed by atoms with Gasteiger partial charge in [-0.2, -0.15) is 0 Å². The maximum atomic E-state index is 11.7. The second-order valence-electron chi connectivity index (χ2n) is 5.54. The number of aryl methyl sites for hydroxylation is 2. The SMILES string of the molecule is COC(=O)c1ccccc1NCCCOc1cc(C)c(Cl)c(C)c1. The van der Waals surface area contributed by atoms with Gasteiger partial charge in [-0.05, 0) is 55.7 Å². The number of esters is 1. The molecule has 1 N–H and O–H groups in total. The van der Waals surface area contributed by atoms with Crippen LogP contribution in [0, 0.1) is 13.8 Å². The van der Waals surface area contributed by atoms with Crippen LogP contribution in [0.2, 0.25) is 5.02 Å². The molecule has 0 fully saturated rings. The zero-order valence-electron chi connectivity index (χ0n) is 14.2. The lowest BCUT2D eigenvalue weighted by Crippen LogP contribution is -2.11. The molecule has 2 aromatic carbocycles. The number of ether oxygens (including phenoxy) is 2. The summed E-state index contributed by atoms with van der Waals surface area (Å²) in [5.74, 6) is 0.478. The van der Waals surface area contributed by atoms with Gasteiger partial charge in [0.05, 0.1) is 19.3 Å². The van der Waals surface area contributed by atoms with Gasteiger partial charge in [0.25, 0.3) is 0 Å². The summed E-state index contributed by atoms with van der Waals surface area (Å²) in [4.78, 5) is 11.7. The molecule has 0 saturated carbocycles. The zero-order chi connectivity index (χ0) is 17.5. The normalized spacial score (nSPS) is 10.3.